The van der Waals surface area contributed by atoms with Crippen molar-refractivity contribution >= 4 is 11.8 Å². The molecule has 0 N–H and O–H groups in total. The highest BCUT2D eigenvalue weighted by Gasteiger charge is 2.09. The van der Waals surface area contributed by atoms with Gasteiger partial charge in [0.15, 0.2) is 5.16 Å². The van der Waals surface area contributed by atoms with Crippen LogP contribution in [0.5, 0.6) is 17.2 Å². The normalized spacial score (nSPS) is 10.7. The lowest BCUT2D eigenvalue weighted by atomic mass is 10.1. The molecule has 3 aromatic rings. The van der Waals surface area contributed by atoms with E-state index in [0.717, 1.165) is 53.2 Å². The first kappa shape index (κ1) is 21.0. The zero-order valence-electron chi connectivity index (χ0n) is 17.1. The average Bonchev–Trinajstić information content (AvgIpc) is 3.11. The Balaban J connectivity index is 1.40. The third-order valence-corrected chi connectivity index (χ3v) is 5.58. The summed E-state index contributed by atoms with van der Waals surface area (Å²) < 4.78 is 18.2. The van der Waals surface area contributed by atoms with Gasteiger partial charge in [-0.1, -0.05) is 23.9 Å². The molecule has 0 amide bonds. The van der Waals surface area contributed by atoms with Crippen LogP contribution in [0, 0.1) is 0 Å². The van der Waals surface area contributed by atoms with Gasteiger partial charge in [0.2, 0.25) is 0 Å². The fourth-order valence-corrected chi connectivity index (χ4v) is 3.64. The first-order chi connectivity index (χ1) is 14.2. The van der Waals surface area contributed by atoms with Crippen LogP contribution in [0.1, 0.15) is 17.8 Å². The van der Waals surface area contributed by atoms with Crippen molar-refractivity contribution in [1.29, 1.82) is 0 Å². The molecule has 0 spiro atoms. The molecule has 1 heterocycles. The highest BCUT2D eigenvalue weighted by atomic mass is 32.2. The predicted molar refractivity (Wildman–Crippen MR) is 115 cm³/mol. The van der Waals surface area contributed by atoms with Crippen LogP contribution in [-0.2, 0) is 19.9 Å². The first-order valence-corrected chi connectivity index (χ1v) is 10.6. The van der Waals surface area contributed by atoms with Crippen LogP contribution >= 0.6 is 11.8 Å². The van der Waals surface area contributed by atoms with Gasteiger partial charge in [-0.15, -0.1) is 10.2 Å². The largest absolute Gasteiger partial charge is 0.497 e. The average molecular weight is 414 g/mol. The summed E-state index contributed by atoms with van der Waals surface area (Å²) in [6.07, 6.45) is 2.94. The quantitative estimate of drug-likeness (QED) is 0.347. The molecule has 3 rings (SSSR count). The van der Waals surface area contributed by atoms with Gasteiger partial charge in [0.25, 0.3) is 0 Å². The molecular formula is C22H27N3O3S. The Morgan fingerprint density at radius 1 is 0.828 bits per heavy atom. The number of benzene rings is 2. The Bertz CT molecular complexity index is 879. The Labute approximate surface area is 176 Å². The molecule has 0 bridgehead atoms. The lowest BCUT2D eigenvalue weighted by molar-refractivity contribution is 0.342. The standard InChI is InChI=1S/C22H27N3O3S/c1-25-21(6-4-5-17-7-9-18(26-2)10-8-17)23-24-22(25)29-16-15-28-20-13-11-19(27-3)12-14-20/h7-14H,4-6,15-16H2,1-3H3. The summed E-state index contributed by atoms with van der Waals surface area (Å²) in [5, 5.41) is 9.59. The Morgan fingerprint density at radius 3 is 2.10 bits per heavy atom. The molecule has 0 atom stereocenters. The molecule has 0 aliphatic rings. The summed E-state index contributed by atoms with van der Waals surface area (Å²) in [4.78, 5) is 0. The fourth-order valence-electron chi connectivity index (χ4n) is 2.90. The SMILES string of the molecule is COc1ccc(CCCc2nnc(SCCOc3ccc(OC)cc3)n2C)cc1. The number of aromatic nitrogens is 3. The number of aryl methyl sites for hydroxylation is 2. The molecule has 154 valence electrons. The molecule has 0 saturated carbocycles. The van der Waals surface area contributed by atoms with Crippen molar-refractivity contribution in [2.75, 3.05) is 26.6 Å². The lowest BCUT2D eigenvalue weighted by Gasteiger charge is -2.07. The van der Waals surface area contributed by atoms with Crippen LogP contribution in [0.4, 0.5) is 0 Å². The van der Waals surface area contributed by atoms with Crippen molar-refractivity contribution in [3.63, 3.8) is 0 Å². The molecule has 0 unspecified atom stereocenters. The molecule has 0 aliphatic heterocycles. The van der Waals surface area contributed by atoms with Gasteiger partial charge in [0, 0.05) is 19.2 Å². The first-order valence-electron chi connectivity index (χ1n) is 9.60. The Kier molecular flexibility index (Phi) is 7.81. The minimum absolute atomic E-state index is 0.608. The maximum atomic E-state index is 5.76. The van der Waals surface area contributed by atoms with Crippen molar-refractivity contribution in [2.45, 2.75) is 24.4 Å². The molecule has 0 radical (unpaired) electrons. The van der Waals surface area contributed by atoms with Gasteiger partial charge in [-0.2, -0.15) is 0 Å². The zero-order chi connectivity index (χ0) is 20.5. The van der Waals surface area contributed by atoms with Gasteiger partial charge in [-0.25, -0.2) is 0 Å². The molecule has 6 nitrogen and oxygen atoms in total. The van der Waals surface area contributed by atoms with Gasteiger partial charge < -0.3 is 18.8 Å². The van der Waals surface area contributed by atoms with Crippen molar-refractivity contribution in [2.24, 2.45) is 7.05 Å². The van der Waals surface area contributed by atoms with E-state index in [1.807, 2.05) is 43.4 Å². The van der Waals surface area contributed by atoms with E-state index in [4.69, 9.17) is 14.2 Å². The third-order valence-electron chi connectivity index (χ3n) is 4.59. The maximum absolute atomic E-state index is 5.76. The number of thioether (sulfide) groups is 1. The zero-order valence-corrected chi connectivity index (χ0v) is 17.9. The van der Waals surface area contributed by atoms with E-state index in [2.05, 4.69) is 26.9 Å². The highest BCUT2D eigenvalue weighted by molar-refractivity contribution is 7.99. The second-order valence-electron chi connectivity index (χ2n) is 6.53. The van der Waals surface area contributed by atoms with E-state index in [1.165, 1.54) is 5.56 Å². The molecule has 0 fully saturated rings. The van der Waals surface area contributed by atoms with E-state index < -0.39 is 0 Å². The summed E-state index contributed by atoms with van der Waals surface area (Å²) in [5.41, 5.74) is 1.30. The van der Waals surface area contributed by atoms with Crippen LogP contribution in [0.3, 0.4) is 0 Å². The van der Waals surface area contributed by atoms with Crippen LogP contribution in [0.25, 0.3) is 0 Å². The molecule has 0 saturated heterocycles. The smallest absolute Gasteiger partial charge is 0.191 e. The molecule has 2 aromatic carbocycles. The monoisotopic (exact) mass is 413 g/mol. The summed E-state index contributed by atoms with van der Waals surface area (Å²) in [6, 6.07) is 15.8. The van der Waals surface area contributed by atoms with Crippen LogP contribution in [0.2, 0.25) is 0 Å². The highest BCUT2D eigenvalue weighted by Crippen LogP contribution is 2.20. The molecule has 1 aromatic heterocycles. The molecule has 0 aliphatic carbocycles. The van der Waals surface area contributed by atoms with Gasteiger partial charge in [-0.3, -0.25) is 0 Å². The fraction of sp³-hybridized carbons (Fsp3) is 0.364. The summed E-state index contributed by atoms with van der Waals surface area (Å²) in [6.45, 7) is 0.608. The summed E-state index contributed by atoms with van der Waals surface area (Å²) in [7, 11) is 5.36. The van der Waals surface area contributed by atoms with Crippen LogP contribution in [0.15, 0.2) is 53.7 Å². The van der Waals surface area contributed by atoms with E-state index in [-0.39, 0.29) is 0 Å². The Hall–Kier alpha value is -2.67. The number of hydrogen-bond donors (Lipinski definition) is 0. The number of rotatable bonds is 11. The second kappa shape index (κ2) is 10.8. The number of methoxy groups -OCH3 is 2. The van der Waals surface area contributed by atoms with E-state index in [9.17, 15) is 0 Å². The topological polar surface area (TPSA) is 58.4 Å². The van der Waals surface area contributed by atoms with Crippen molar-refractivity contribution in [3.8, 4) is 17.2 Å². The van der Waals surface area contributed by atoms with Crippen molar-refractivity contribution in [1.82, 2.24) is 14.8 Å². The van der Waals surface area contributed by atoms with Crippen molar-refractivity contribution in [3.05, 3.63) is 59.9 Å². The Morgan fingerprint density at radius 2 is 1.45 bits per heavy atom. The summed E-state index contributed by atoms with van der Waals surface area (Å²) >= 11 is 1.65. The number of ether oxygens (including phenoxy) is 3. The minimum Gasteiger partial charge on any atom is -0.497 e. The lowest BCUT2D eigenvalue weighted by Crippen LogP contribution is -2.03. The van der Waals surface area contributed by atoms with Gasteiger partial charge in [0.05, 0.1) is 20.8 Å². The third kappa shape index (κ3) is 6.15. The van der Waals surface area contributed by atoms with Crippen LogP contribution < -0.4 is 14.2 Å². The molecule has 7 heteroatoms. The van der Waals surface area contributed by atoms with E-state index >= 15 is 0 Å². The molecular weight excluding hydrogens is 386 g/mol. The second-order valence-corrected chi connectivity index (χ2v) is 7.59. The number of hydrogen-bond acceptors (Lipinski definition) is 6. The van der Waals surface area contributed by atoms with Gasteiger partial charge >= 0.3 is 0 Å². The van der Waals surface area contributed by atoms with Gasteiger partial charge in [-0.05, 0) is 54.8 Å². The van der Waals surface area contributed by atoms with Crippen LogP contribution in [-0.4, -0.2) is 41.3 Å². The van der Waals surface area contributed by atoms with E-state index in [1.54, 1.807) is 26.0 Å². The summed E-state index contributed by atoms with van der Waals surface area (Å²) in [5.74, 6) is 4.37. The van der Waals surface area contributed by atoms with E-state index in [0.29, 0.717) is 6.61 Å². The number of nitrogens with zero attached hydrogens (tertiary/aromatic N) is 3. The minimum atomic E-state index is 0.608. The predicted octanol–water partition coefficient (Wildman–Crippen LogP) is 4.18. The maximum Gasteiger partial charge on any atom is 0.191 e. The van der Waals surface area contributed by atoms with Crippen molar-refractivity contribution < 1.29 is 14.2 Å². The van der Waals surface area contributed by atoms with Gasteiger partial charge in [0.1, 0.15) is 23.1 Å². The molecule has 29 heavy (non-hydrogen) atoms.